The number of nitrogens with zero attached hydrogens (tertiary/aromatic N) is 1. The second-order valence-corrected chi connectivity index (χ2v) is 4.13. The number of hydrogen-bond acceptors (Lipinski definition) is 4. The van der Waals surface area contributed by atoms with Crippen molar-refractivity contribution in [3.8, 4) is 0 Å². The Bertz CT molecular complexity index is 422. The molecule has 6 heteroatoms. The number of carbonyl (C=O) groups excluding carboxylic acids is 2. The third kappa shape index (κ3) is 5.05. The van der Waals surface area contributed by atoms with E-state index in [0.29, 0.717) is 0 Å². The third-order valence-corrected chi connectivity index (χ3v) is 2.58. The van der Waals surface area contributed by atoms with Crippen molar-refractivity contribution in [2.24, 2.45) is 0 Å². The zero-order valence-electron chi connectivity index (χ0n) is 11.3. The van der Waals surface area contributed by atoms with Crippen LogP contribution in [0, 0.1) is 0 Å². The third-order valence-electron chi connectivity index (χ3n) is 2.58. The van der Waals surface area contributed by atoms with E-state index in [4.69, 9.17) is 4.74 Å². The fourth-order valence-corrected chi connectivity index (χ4v) is 1.57. The molecule has 2 atom stereocenters. The minimum Gasteiger partial charge on any atom is -0.370 e. The van der Waals surface area contributed by atoms with Crippen LogP contribution in [0.25, 0.3) is 0 Å². The summed E-state index contributed by atoms with van der Waals surface area (Å²) < 4.78 is 5.58. The monoisotopic (exact) mass is 265 g/mol. The topological polar surface area (TPSA) is 80.3 Å². The van der Waals surface area contributed by atoms with Crippen LogP contribution in [-0.4, -0.2) is 36.0 Å². The van der Waals surface area contributed by atoms with E-state index in [0.717, 1.165) is 5.69 Å². The molecule has 6 nitrogen and oxygen atoms in total. The SMILES string of the molecule is CNC(=O)C(NC(C)=O)C(C)OCc1ccccn1. The molecule has 0 bridgehead atoms. The van der Waals surface area contributed by atoms with Crippen LogP contribution in [0.15, 0.2) is 24.4 Å². The summed E-state index contributed by atoms with van der Waals surface area (Å²) in [6, 6.07) is 4.80. The molecule has 0 aliphatic carbocycles. The van der Waals surface area contributed by atoms with Gasteiger partial charge in [0.25, 0.3) is 0 Å². The van der Waals surface area contributed by atoms with Crippen molar-refractivity contribution in [1.29, 1.82) is 0 Å². The Hall–Kier alpha value is -1.95. The zero-order chi connectivity index (χ0) is 14.3. The van der Waals surface area contributed by atoms with E-state index in [9.17, 15) is 9.59 Å². The average Bonchev–Trinajstić information content (AvgIpc) is 2.42. The first-order chi connectivity index (χ1) is 9.04. The molecule has 2 unspecified atom stereocenters. The van der Waals surface area contributed by atoms with Crippen LogP contribution in [-0.2, 0) is 20.9 Å². The van der Waals surface area contributed by atoms with Gasteiger partial charge in [-0.2, -0.15) is 0 Å². The number of ether oxygens (including phenoxy) is 1. The Morgan fingerprint density at radius 3 is 2.68 bits per heavy atom. The summed E-state index contributed by atoms with van der Waals surface area (Å²) in [5.74, 6) is -0.564. The number of aromatic nitrogens is 1. The summed E-state index contributed by atoms with van der Waals surface area (Å²) in [4.78, 5) is 26.9. The lowest BCUT2D eigenvalue weighted by Crippen LogP contribution is -2.51. The molecular formula is C13H19N3O3. The first-order valence-corrected chi connectivity index (χ1v) is 6.04. The highest BCUT2D eigenvalue weighted by Gasteiger charge is 2.25. The molecule has 0 radical (unpaired) electrons. The summed E-state index contributed by atoms with van der Waals surface area (Å²) in [6.07, 6.45) is 1.22. The van der Waals surface area contributed by atoms with E-state index in [2.05, 4.69) is 15.6 Å². The fraction of sp³-hybridized carbons (Fsp3) is 0.462. The summed E-state index contributed by atoms with van der Waals surface area (Å²) in [5.41, 5.74) is 0.771. The number of likely N-dealkylation sites (N-methyl/N-ethyl adjacent to an activating group) is 1. The minimum atomic E-state index is -0.716. The molecule has 2 N–H and O–H groups in total. The van der Waals surface area contributed by atoms with Gasteiger partial charge in [0, 0.05) is 20.2 Å². The van der Waals surface area contributed by atoms with Gasteiger partial charge in [-0.1, -0.05) is 6.07 Å². The first kappa shape index (κ1) is 15.1. The summed E-state index contributed by atoms with van der Waals surface area (Å²) >= 11 is 0. The highest BCUT2D eigenvalue weighted by atomic mass is 16.5. The zero-order valence-corrected chi connectivity index (χ0v) is 11.3. The van der Waals surface area contributed by atoms with Crippen molar-refractivity contribution >= 4 is 11.8 Å². The van der Waals surface area contributed by atoms with Gasteiger partial charge in [-0.15, -0.1) is 0 Å². The van der Waals surface area contributed by atoms with Crippen LogP contribution in [0.3, 0.4) is 0 Å². The molecule has 0 fully saturated rings. The van der Waals surface area contributed by atoms with Gasteiger partial charge in [0.1, 0.15) is 6.04 Å². The molecule has 1 aromatic heterocycles. The van der Waals surface area contributed by atoms with Crippen molar-refractivity contribution in [1.82, 2.24) is 15.6 Å². The molecule has 0 aliphatic rings. The van der Waals surface area contributed by atoms with Crippen LogP contribution < -0.4 is 10.6 Å². The Labute approximate surface area is 112 Å². The van der Waals surface area contributed by atoms with Gasteiger partial charge in [-0.05, 0) is 19.1 Å². The maximum Gasteiger partial charge on any atom is 0.245 e. The predicted molar refractivity (Wildman–Crippen MR) is 70.2 cm³/mol. The molecule has 104 valence electrons. The molecule has 1 heterocycles. The van der Waals surface area contributed by atoms with Gasteiger partial charge < -0.3 is 15.4 Å². The van der Waals surface area contributed by atoms with E-state index in [1.54, 1.807) is 13.1 Å². The van der Waals surface area contributed by atoms with Crippen molar-refractivity contribution < 1.29 is 14.3 Å². The van der Waals surface area contributed by atoms with E-state index in [1.807, 2.05) is 18.2 Å². The lowest BCUT2D eigenvalue weighted by atomic mass is 10.1. The Morgan fingerprint density at radius 2 is 2.16 bits per heavy atom. The van der Waals surface area contributed by atoms with Gasteiger partial charge >= 0.3 is 0 Å². The molecular weight excluding hydrogens is 246 g/mol. The summed E-state index contributed by atoms with van der Waals surface area (Å²) in [6.45, 7) is 3.38. The molecule has 19 heavy (non-hydrogen) atoms. The number of rotatable bonds is 6. The molecule has 0 aliphatic heterocycles. The minimum absolute atomic E-state index is 0.276. The number of pyridine rings is 1. The number of hydrogen-bond donors (Lipinski definition) is 2. The van der Waals surface area contributed by atoms with Gasteiger partial charge in [-0.3, -0.25) is 14.6 Å². The van der Waals surface area contributed by atoms with Crippen molar-refractivity contribution in [3.63, 3.8) is 0 Å². The van der Waals surface area contributed by atoms with E-state index < -0.39 is 12.1 Å². The first-order valence-electron chi connectivity index (χ1n) is 6.04. The van der Waals surface area contributed by atoms with Gasteiger partial charge in [0.05, 0.1) is 18.4 Å². The van der Waals surface area contributed by atoms with Crippen LogP contribution in [0.5, 0.6) is 0 Å². The predicted octanol–water partition coefficient (Wildman–Crippen LogP) is 0.237. The second kappa shape index (κ2) is 7.48. The van der Waals surface area contributed by atoms with E-state index >= 15 is 0 Å². The molecule has 1 rings (SSSR count). The van der Waals surface area contributed by atoms with Crippen LogP contribution in [0.4, 0.5) is 0 Å². The van der Waals surface area contributed by atoms with Crippen molar-refractivity contribution in [3.05, 3.63) is 30.1 Å². The van der Waals surface area contributed by atoms with Gasteiger partial charge in [0.15, 0.2) is 0 Å². The lowest BCUT2D eigenvalue weighted by Gasteiger charge is -2.23. The largest absolute Gasteiger partial charge is 0.370 e. The van der Waals surface area contributed by atoms with E-state index in [-0.39, 0.29) is 18.4 Å². The smallest absolute Gasteiger partial charge is 0.245 e. The quantitative estimate of drug-likeness (QED) is 0.772. The molecule has 0 saturated heterocycles. The van der Waals surface area contributed by atoms with Crippen molar-refractivity contribution in [2.75, 3.05) is 7.05 Å². The number of carbonyl (C=O) groups is 2. The molecule has 0 saturated carbocycles. The summed E-state index contributed by atoms with van der Waals surface area (Å²) in [7, 11) is 1.52. The van der Waals surface area contributed by atoms with Crippen LogP contribution in [0.2, 0.25) is 0 Å². The van der Waals surface area contributed by atoms with Crippen molar-refractivity contribution in [2.45, 2.75) is 32.6 Å². The second-order valence-electron chi connectivity index (χ2n) is 4.13. The molecule has 1 aromatic rings. The number of nitrogens with one attached hydrogen (secondary N) is 2. The van der Waals surface area contributed by atoms with Gasteiger partial charge in [-0.25, -0.2) is 0 Å². The standard InChI is InChI=1S/C13H19N3O3/c1-9(12(13(18)14-3)16-10(2)17)19-8-11-6-4-5-7-15-11/h4-7,9,12H,8H2,1-3H3,(H,14,18)(H,16,17). The lowest BCUT2D eigenvalue weighted by molar-refractivity contribution is -0.132. The normalized spacial score (nSPS) is 13.4. The fourth-order valence-electron chi connectivity index (χ4n) is 1.57. The molecule has 0 aromatic carbocycles. The van der Waals surface area contributed by atoms with Gasteiger partial charge in [0.2, 0.25) is 11.8 Å². The summed E-state index contributed by atoms with van der Waals surface area (Å²) in [5, 5.41) is 5.07. The highest BCUT2D eigenvalue weighted by molar-refractivity contribution is 5.87. The average molecular weight is 265 g/mol. The maximum atomic E-state index is 11.7. The van der Waals surface area contributed by atoms with E-state index in [1.165, 1.54) is 14.0 Å². The Balaban J connectivity index is 2.59. The Kier molecular flexibility index (Phi) is 5.95. The highest BCUT2D eigenvalue weighted by Crippen LogP contribution is 2.04. The van der Waals surface area contributed by atoms with Crippen LogP contribution in [0.1, 0.15) is 19.5 Å². The Morgan fingerprint density at radius 1 is 1.42 bits per heavy atom. The number of amides is 2. The van der Waals surface area contributed by atoms with Crippen LogP contribution >= 0.6 is 0 Å². The maximum absolute atomic E-state index is 11.7. The molecule has 2 amide bonds. The molecule has 0 spiro atoms.